The fourth-order valence-electron chi connectivity index (χ4n) is 3.86. The summed E-state index contributed by atoms with van der Waals surface area (Å²) in [5.74, 6) is -3.49. The van der Waals surface area contributed by atoms with E-state index in [0.29, 0.717) is 18.4 Å². The van der Waals surface area contributed by atoms with Crippen molar-refractivity contribution in [3.8, 4) is 0 Å². The average Bonchev–Trinajstić information content (AvgIpc) is 3.09. The zero-order chi connectivity index (χ0) is 21.6. The van der Waals surface area contributed by atoms with Gasteiger partial charge in [0, 0.05) is 30.4 Å². The molecule has 8 nitrogen and oxygen atoms in total. The summed E-state index contributed by atoms with van der Waals surface area (Å²) in [5.41, 5.74) is -0.238. The first kappa shape index (κ1) is 21.3. The van der Waals surface area contributed by atoms with Gasteiger partial charge in [0.05, 0.1) is 11.2 Å². The first-order chi connectivity index (χ1) is 13.4. The average molecular weight is 406 g/mol. The van der Waals surface area contributed by atoms with E-state index in [-0.39, 0.29) is 29.9 Å². The summed E-state index contributed by atoms with van der Waals surface area (Å²) in [6.07, 6.45) is 1.81. The third-order valence-corrected chi connectivity index (χ3v) is 5.54. The number of aliphatic hydroxyl groups is 1. The number of hydrogen-bond acceptors (Lipinski definition) is 8. The van der Waals surface area contributed by atoms with E-state index in [9.17, 15) is 19.5 Å². The van der Waals surface area contributed by atoms with E-state index in [2.05, 4.69) is 6.58 Å². The van der Waals surface area contributed by atoms with Crippen LogP contribution in [0.2, 0.25) is 0 Å². The Bertz CT molecular complexity index is 838. The van der Waals surface area contributed by atoms with Crippen LogP contribution in [0.4, 0.5) is 0 Å². The Kier molecular flexibility index (Phi) is 5.44. The van der Waals surface area contributed by atoms with Crippen molar-refractivity contribution in [2.75, 3.05) is 6.61 Å². The maximum atomic E-state index is 12.5. The smallest absolute Gasteiger partial charge is 0.343 e. The summed E-state index contributed by atoms with van der Waals surface area (Å²) < 4.78 is 22.1. The molecule has 0 spiro atoms. The van der Waals surface area contributed by atoms with Crippen molar-refractivity contribution in [2.45, 2.75) is 64.4 Å². The maximum absolute atomic E-state index is 12.5. The predicted octanol–water partition coefficient (Wildman–Crippen LogP) is 2.07. The molecule has 1 N–H and O–H groups in total. The minimum Gasteiger partial charge on any atom is -0.461 e. The summed E-state index contributed by atoms with van der Waals surface area (Å²) in [6.45, 7) is 9.62. The van der Waals surface area contributed by atoms with E-state index in [1.165, 1.54) is 13.8 Å². The van der Waals surface area contributed by atoms with Crippen LogP contribution in [0, 0.1) is 5.92 Å². The van der Waals surface area contributed by atoms with Gasteiger partial charge in [0.25, 0.3) is 0 Å². The zero-order valence-electron chi connectivity index (χ0n) is 17.1. The largest absolute Gasteiger partial charge is 0.461 e. The highest BCUT2D eigenvalue weighted by atomic mass is 16.6. The van der Waals surface area contributed by atoms with Gasteiger partial charge in [-0.3, -0.25) is 4.79 Å². The van der Waals surface area contributed by atoms with Crippen LogP contribution in [0.15, 0.2) is 35.1 Å². The molecule has 4 atom stereocenters. The summed E-state index contributed by atoms with van der Waals surface area (Å²) in [7, 11) is 0. The van der Waals surface area contributed by atoms with Crippen molar-refractivity contribution in [3.05, 3.63) is 35.1 Å². The molecule has 3 aliphatic heterocycles. The standard InChI is InChI=1S/C21H26O8/c1-11(2)18(23)27-15-8-12(3)21(25)7-6-20(5,29-21)9-16-17(15)14(19(24)28-16)10-26-13(4)22/h9,12,15,25H,1,6-8,10H2,2-5H3/b16-9+/t12?,15?,20-,21+/m1/s1. The van der Waals surface area contributed by atoms with Gasteiger partial charge in [0.2, 0.25) is 0 Å². The van der Waals surface area contributed by atoms with Crippen molar-refractivity contribution in [2.24, 2.45) is 5.92 Å². The zero-order valence-corrected chi connectivity index (χ0v) is 17.1. The third kappa shape index (κ3) is 4.13. The molecule has 0 aromatic rings. The fraction of sp³-hybridized carbons (Fsp3) is 0.571. The second kappa shape index (κ2) is 7.42. The number of esters is 3. The number of rotatable bonds is 4. The molecule has 0 amide bonds. The summed E-state index contributed by atoms with van der Waals surface area (Å²) >= 11 is 0. The Morgan fingerprint density at radius 1 is 1.34 bits per heavy atom. The number of hydrogen-bond donors (Lipinski definition) is 1. The van der Waals surface area contributed by atoms with Gasteiger partial charge in [0.1, 0.15) is 18.5 Å². The monoisotopic (exact) mass is 406 g/mol. The predicted molar refractivity (Wildman–Crippen MR) is 100.0 cm³/mol. The normalized spacial score (nSPS) is 35.5. The van der Waals surface area contributed by atoms with Gasteiger partial charge in [-0.2, -0.15) is 0 Å². The Morgan fingerprint density at radius 3 is 2.66 bits per heavy atom. The molecule has 0 saturated carbocycles. The van der Waals surface area contributed by atoms with Gasteiger partial charge in [-0.05, 0) is 32.8 Å². The molecule has 3 heterocycles. The van der Waals surface area contributed by atoms with Crippen LogP contribution in [0.5, 0.6) is 0 Å². The highest BCUT2D eigenvalue weighted by Crippen LogP contribution is 2.47. The molecule has 3 rings (SSSR count). The highest BCUT2D eigenvalue weighted by Gasteiger charge is 2.52. The fourth-order valence-corrected chi connectivity index (χ4v) is 3.86. The molecule has 3 aliphatic rings. The van der Waals surface area contributed by atoms with Crippen LogP contribution in [-0.2, 0) is 33.3 Å². The lowest BCUT2D eigenvalue weighted by Gasteiger charge is -2.33. The molecular weight excluding hydrogens is 380 g/mol. The Labute approximate surface area is 169 Å². The van der Waals surface area contributed by atoms with Crippen LogP contribution in [0.1, 0.15) is 47.0 Å². The molecule has 158 valence electrons. The molecule has 1 saturated heterocycles. The van der Waals surface area contributed by atoms with Crippen molar-refractivity contribution in [3.63, 3.8) is 0 Å². The first-order valence-corrected chi connectivity index (χ1v) is 9.55. The minimum atomic E-state index is -1.40. The lowest BCUT2D eigenvalue weighted by Crippen LogP contribution is -2.40. The molecule has 8 heteroatoms. The molecule has 0 aromatic heterocycles. The second-order valence-corrected chi connectivity index (χ2v) is 8.14. The van der Waals surface area contributed by atoms with E-state index in [1.54, 1.807) is 19.9 Å². The summed E-state index contributed by atoms with van der Waals surface area (Å²) in [6, 6.07) is 0. The molecule has 2 unspecified atom stereocenters. The number of ether oxygens (including phenoxy) is 4. The van der Waals surface area contributed by atoms with E-state index in [0.717, 1.165) is 0 Å². The molecule has 2 bridgehead atoms. The van der Waals surface area contributed by atoms with E-state index in [4.69, 9.17) is 18.9 Å². The Balaban J connectivity index is 2.12. The van der Waals surface area contributed by atoms with Gasteiger partial charge in [-0.1, -0.05) is 13.5 Å². The quantitative estimate of drug-likeness (QED) is 0.429. The van der Waals surface area contributed by atoms with Crippen molar-refractivity contribution < 1.29 is 38.4 Å². The van der Waals surface area contributed by atoms with Crippen LogP contribution in [0.3, 0.4) is 0 Å². The number of fused-ring (bicyclic) bond motifs is 3. The van der Waals surface area contributed by atoms with E-state index < -0.39 is 41.3 Å². The third-order valence-electron chi connectivity index (χ3n) is 5.54. The lowest BCUT2D eigenvalue weighted by molar-refractivity contribution is -0.238. The summed E-state index contributed by atoms with van der Waals surface area (Å²) in [4.78, 5) is 36.1. The Hall–Kier alpha value is -2.45. The molecule has 0 aromatic carbocycles. The number of carbonyl (C=O) groups is 3. The lowest BCUT2D eigenvalue weighted by atomic mass is 9.86. The number of carbonyl (C=O) groups excluding carboxylic acids is 3. The van der Waals surface area contributed by atoms with Crippen LogP contribution >= 0.6 is 0 Å². The van der Waals surface area contributed by atoms with Gasteiger partial charge >= 0.3 is 17.9 Å². The minimum absolute atomic E-state index is 0.103. The van der Waals surface area contributed by atoms with Crippen LogP contribution < -0.4 is 0 Å². The maximum Gasteiger partial charge on any atom is 0.343 e. The first-order valence-electron chi connectivity index (χ1n) is 9.55. The SMILES string of the molecule is C=C(C)C(=O)OC1CC(C)[C@]2(O)CC[C@](C)(/C=C3/OC(=O)C(COC(C)=O)=C31)O2. The second-order valence-electron chi connectivity index (χ2n) is 8.14. The molecular formula is C21H26O8. The van der Waals surface area contributed by atoms with Gasteiger partial charge in [-0.15, -0.1) is 0 Å². The van der Waals surface area contributed by atoms with E-state index >= 15 is 0 Å². The van der Waals surface area contributed by atoms with Crippen LogP contribution in [0.25, 0.3) is 0 Å². The van der Waals surface area contributed by atoms with E-state index in [1.807, 2.05) is 0 Å². The van der Waals surface area contributed by atoms with Crippen molar-refractivity contribution >= 4 is 17.9 Å². The van der Waals surface area contributed by atoms with Gasteiger partial charge < -0.3 is 24.1 Å². The molecule has 0 aliphatic carbocycles. The molecule has 1 fully saturated rings. The summed E-state index contributed by atoms with van der Waals surface area (Å²) in [5, 5.41) is 11.0. The molecule has 29 heavy (non-hydrogen) atoms. The van der Waals surface area contributed by atoms with Crippen molar-refractivity contribution in [1.82, 2.24) is 0 Å². The topological polar surface area (TPSA) is 108 Å². The van der Waals surface area contributed by atoms with Gasteiger partial charge in [0.15, 0.2) is 5.79 Å². The van der Waals surface area contributed by atoms with Crippen molar-refractivity contribution in [1.29, 1.82) is 0 Å². The van der Waals surface area contributed by atoms with Crippen LogP contribution in [-0.4, -0.2) is 47.1 Å². The van der Waals surface area contributed by atoms with Gasteiger partial charge in [-0.25, -0.2) is 9.59 Å². The Morgan fingerprint density at radius 2 is 2.03 bits per heavy atom. The highest BCUT2D eigenvalue weighted by molar-refractivity contribution is 5.96. The molecule has 0 radical (unpaired) electrons.